The highest BCUT2D eigenvalue weighted by molar-refractivity contribution is 5.68. The molecule has 0 aliphatic carbocycles. The van der Waals surface area contributed by atoms with E-state index in [9.17, 15) is 9.59 Å². The number of ether oxygens (including phenoxy) is 1. The predicted molar refractivity (Wildman–Crippen MR) is 50.3 cm³/mol. The summed E-state index contributed by atoms with van der Waals surface area (Å²) < 4.78 is 4.40. The molecule has 5 nitrogen and oxygen atoms in total. The first kappa shape index (κ1) is 15.4. The van der Waals surface area contributed by atoms with Crippen molar-refractivity contribution < 1.29 is 24.1 Å². The summed E-state index contributed by atoms with van der Waals surface area (Å²) in [6, 6.07) is 0. The van der Waals surface area contributed by atoms with Crippen LogP contribution in [0, 0.1) is 0 Å². The summed E-state index contributed by atoms with van der Waals surface area (Å²) in [7, 11) is 0. The SMILES string of the molecule is CCOC(C)=O.CCOOC(=O)CC. The van der Waals surface area contributed by atoms with Gasteiger partial charge in [0.15, 0.2) is 0 Å². The van der Waals surface area contributed by atoms with Crippen molar-refractivity contribution in [3.8, 4) is 0 Å². The monoisotopic (exact) mass is 206 g/mol. The van der Waals surface area contributed by atoms with E-state index in [1.807, 2.05) is 0 Å². The van der Waals surface area contributed by atoms with Crippen LogP contribution in [0.4, 0.5) is 0 Å². The van der Waals surface area contributed by atoms with Crippen LogP contribution in [0.25, 0.3) is 0 Å². The normalized spacial score (nSPS) is 8.29. The summed E-state index contributed by atoms with van der Waals surface area (Å²) in [6.45, 7) is 7.52. The van der Waals surface area contributed by atoms with Crippen molar-refractivity contribution in [2.75, 3.05) is 13.2 Å². The number of hydrogen-bond acceptors (Lipinski definition) is 5. The number of hydrogen-bond donors (Lipinski definition) is 0. The van der Waals surface area contributed by atoms with Gasteiger partial charge in [0.05, 0.1) is 13.2 Å². The average Bonchev–Trinajstić information content (AvgIpc) is 2.15. The number of rotatable bonds is 4. The Morgan fingerprint density at radius 2 is 1.64 bits per heavy atom. The molecule has 14 heavy (non-hydrogen) atoms. The molecule has 0 rings (SSSR count). The second-order valence-corrected chi connectivity index (χ2v) is 2.14. The van der Waals surface area contributed by atoms with E-state index in [1.54, 1.807) is 20.8 Å². The highest BCUT2D eigenvalue weighted by Crippen LogP contribution is 1.83. The van der Waals surface area contributed by atoms with Crippen LogP contribution in [0.2, 0.25) is 0 Å². The van der Waals surface area contributed by atoms with Crippen molar-refractivity contribution in [1.82, 2.24) is 0 Å². The summed E-state index contributed by atoms with van der Waals surface area (Å²) in [4.78, 5) is 28.6. The Kier molecular flexibility index (Phi) is 13.1. The van der Waals surface area contributed by atoms with E-state index in [2.05, 4.69) is 14.5 Å². The summed E-state index contributed by atoms with van der Waals surface area (Å²) in [5.41, 5.74) is 0. The van der Waals surface area contributed by atoms with Crippen LogP contribution in [0.3, 0.4) is 0 Å². The molecule has 0 bridgehead atoms. The van der Waals surface area contributed by atoms with E-state index < -0.39 is 0 Å². The van der Waals surface area contributed by atoms with Gasteiger partial charge < -0.3 is 4.74 Å². The first-order chi connectivity index (χ1) is 6.58. The van der Waals surface area contributed by atoms with Crippen LogP contribution in [-0.4, -0.2) is 25.2 Å². The van der Waals surface area contributed by atoms with Gasteiger partial charge in [-0.3, -0.25) is 9.68 Å². The molecule has 0 aromatic heterocycles. The highest BCUT2D eigenvalue weighted by Gasteiger charge is 1.95. The third kappa shape index (κ3) is 17.1. The minimum absolute atomic E-state index is 0.211. The lowest BCUT2D eigenvalue weighted by Gasteiger charge is -1.95. The molecule has 0 aromatic carbocycles. The quantitative estimate of drug-likeness (QED) is 0.396. The van der Waals surface area contributed by atoms with E-state index in [1.165, 1.54) is 6.92 Å². The van der Waals surface area contributed by atoms with Crippen molar-refractivity contribution in [3.63, 3.8) is 0 Å². The van der Waals surface area contributed by atoms with Crippen molar-refractivity contribution in [2.24, 2.45) is 0 Å². The maximum absolute atomic E-state index is 10.2. The van der Waals surface area contributed by atoms with E-state index in [-0.39, 0.29) is 11.9 Å². The maximum atomic E-state index is 10.2. The van der Waals surface area contributed by atoms with E-state index >= 15 is 0 Å². The third-order valence-electron chi connectivity index (χ3n) is 0.906. The second kappa shape index (κ2) is 11.9. The molecule has 0 aliphatic rings. The van der Waals surface area contributed by atoms with Gasteiger partial charge in [0.2, 0.25) is 0 Å². The zero-order chi connectivity index (χ0) is 11.4. The highest BCUT2D eigenvalue weighted by atomic mass is 17.2. The summed E-state index contributed by atoms with van der Waals surface area (Å²) in [5, 5.41) is 0. The lowest BCUT2D eigenvalue weighted by Crippen LogP contribution is -2.02. The smallest absolute Gasteiger partial charge is 0.342 e. The summed E-state index contributed by atoms with van der Waals surface area (Å²) >= 11 is 0. The molecule has 0 heterocycles. The predicted octanol–water partition coefficient (Wildman–Crippen LogP) is 1.46. The van der Waals surface area contributed by atoms with Gasteiger partial charge in [-0.05, 0) is 13.8 Å². The first-order valence-corrected chi connectivity index (χ1v) is 4.54. The fourth-order valence-corrected chi connectivity index (χ4v) is 0.387. The largest absolute Gasteiger partial charge is 0.466 e. The molecule has 0 saturated carbocycles. The standard InChI is InChI=1S/C5H10O3.C4H8O2/c1-3-5(6)8-7-4-2;1-3-6-4(2)5/h3-4H2,1-2H3;3H2,1-2H3. The van der Waals surface area contributed by atoms with Gasteiger partial charge in [-0.2, -0.15) is 4.89 Å². The molecule has 0 aliphatic heterocycles. The van der Waals surface area contributed by atoms with Crippen LogP contribution in [0.1, 0.15) is 34.1 Å². The lowest BCUT2D eigenvalue weighted by molar-refractivity contribution is -0.269. The fraction of sp³-hybridized carbons (Fsp3) is 0.778. The summed E-state index contributed by atoms with van der Waals surface area (Å²) in [5.74, 6) is -0.538. The van der Waals surface area contributed by atoms with E-state index in [4.69, 9.17) is 0 Å². The zero-order valence-electron chi connectivity index (χ0n) is 9.16. The molecule has 84 valence electrons. The van der Waals surface area contributed by atoms with Gasteiger partial charge in [0.25, 0.3) is 0 Å². The molecule has 0 unspecified atom stereocenters. The molecule has 5 heteroatoms. The Hall–Kier alpha value is -1.10. The topological polar surface area (TPSA) is 61.8 Å². The molecule has 0 spiro atoms. The zero-order valence-corrected chi connectivity index (χ0v) is 9.16. The minimum atomic E-state index is -0.327. The number of esters is 1. The van der Waals surface area contributed by atoms with Gasteiger partial charge in [-0.1, -0.05) is 6.92 Å². The number of carbonyl (C=O) groups excluding carboxylic acids is 2. The van der Waals surface area contributed by atoms with Crippen molar-refractivity contribution >= 4 is 11.9 Å². The Morgan fingerprint density at radius 1 is 1.07 bits per heavy atom. The molecule has 0 atom stereocenters. The second-order valence-electron chi connectivity index (χ2n) is 2.14. The Morgan fingerprint density at radius 3 is 1.86 bits per heavy atom. The van der Waals surface area contributed by atoms with Crippen LogP contribution in [0.5, 0.6) is 0 Å². The van der Waals surface area contributed by atoms with Crippen LogP contribution >= 0.6 is 0 Å². The molecule has 0 saturated heterocycles. The van der Waals surface area contributed by atoms with Gasteiger partial charge in [0, 0.05) is 13.3 Å². The first-order valence-electron chi connectivity index (χ1n) is 4.54. The molecule has 0 fully saturated rings. The molecule has 0 amide bonds. The fourth-order valence-electron chi connectivity index (χ4n) is 0.387. The molecular weight excluding hydrogens is 188 g/mol. The minimum Gasteiger partial charge on any atom is -0.466 e. The van der Waals surface area contributed by atoms with Crippen LogP contribution < -0.4 is 0 Å². The third-order valence-corrected chi connectivity index (χ3v) is 0.906. The van der Waals surface area contributed by atoms with Crippen LogP contribution in [0.15, 0.2) is 0 Å². The van der Waals surface area contributed by atoms with Gasteiger partial charge >= 0.3 is 11.9 Å². The summed E-state index contributed by atoms with van der Waals surface area (Å²) in [6.07, 6.45) is 0.361. The van der Waals surface area contributed by atoms with Crippen LogP contribution in [-0.2, 0) is 24.1 Å². The van der Waals surface area contributed by atoms with Gasteiger partial charge in [-0.15, -0.1) is 0 Å². The maximum Gasteiger partial charge on any atom is 0.342 e. The Balaban J connectivity index is 0. The molecule has 0 radical (unpaired) electrons. The lowest BCUT2D eigenvalue weighted by atomic mass is 10.5. The van der Waals surface area contributed by atoms with E-state index in [0.29, 0.717) is 19.6 Å². The molecule has 0 N–H and O–H groups in total. The van der Waals surface area contributed by atoms with Gasteiger partial charge in [0.1, 0.15) is 0 Å². The van der Waals surface area contributed by atoms with Gasteiger partial charge in [-0.25, -0.2) is 4.79 Å². The van der Waals surface area contributed by atoms with E-state index in [0.717, 1.165) is 0 Å². The number of carbonyl (C=O) groups is 2. The van der Waals surface area contributed by atoms with Crippen molar-refractivity contribution in [3.05, 3.63) is 0 Å². The van der Waals surface area contributed by atoms with Crippen molar-refractivity contribution in [2.45, 2.75) is 34.1 Å². The average molecular weight is 206 g/mol. The molecular formula is C9H18O5. The van der Waals surface area contributed by atoms with Crippen molar-refractivity contribution in [1.29, 1.82) is 0 Å². The Bertz CT molecular complexity index is 155. The Labute approximate surface area is 84.3 Å². The molecule has 0 aromatic rings.